The van der Waals surface area contributed by atoms with Gasteiger partial charge in [-0.25, -0.2) is 0 Å². The van der Waals surface area contributed by atoms with Gasteiger partial charge < -0.3 is 15.8 Å². The third kappa shape index (κ3) is 6.80. The molecule has 0 aromatic heterocycles. The molecule has 0 fully saturated rings. The van der Waals surface area contributed by atoms with E-state index in [1.165, 1.54) is 0 Å². The fourth-order valence-electron chi connectivity index (χ4n) is 1.23. The summed E-state index contributed by atoms with van der Waals surface area (Å²) >= 11 is 0. The summed E-state index contributed by atoms with van der Waals surface area (Å²) in [6.45, 7) is 8.03. The van der Waals surface area contributed by atoms with Crippen LogP contribution in [0.25, 0.3) is 0 Å². The second-order valence-electron chi connectivity index (χ2n) is 4.17. The first-order valence-electron chi connectivity index (χ1n) is 6.24. The molecule has 2 unspecified atom stereocenters. The van der Waals surface area contributed by atoms with E-state index in [9.17, 15) is 4.79 Å². The predicted octanol–water partition coefficient (Wildman–Crippen LogP) is 1.29. The Labute approximate surface area is 98.9 Å². The Morgan fingerprint density at radius 2 is 2.06 bits per heavy atom. The maximum Gasteiger partial charge on any atom is 0.237 e. The Bertz CT molecular complexity index is 186. The van der Waals surface area contributed by atoms with Crippen molar-refractivity contribution in [2.24, 2.45) is 11.7 Å². The lowest BCUT2D eigenvalue weighted by Crippen LogP contribution is -2.45. The molecule has 3 N–H and O–H groups in total. The van der Waals surface area contributed by atoms with E-state index in [2.05, 4.69) is 12.2 Å². The number of carbonyl (C=O) groups excluding carboxylic acids is 1. The SMILES string of the molecule is CCCCOCCNC(=O)C(N)C(C)CC. The van der Waals surface area contributed by atoms with E-state index < -0.39 is 6.04 Å². The van der Waals surface area contributed by atoms with E-state index in [0.717, 1.165) is 25.9 Å². The summed E-state index contributed by atoms with van der Waals surface area (Å²) in [6, 6.07) is -0.402. The van der Waals surface area contributed by atoms with Crippen LogP contribution in [0.2, 0.25) is 0 Å². The van der Waals surface area contributed by atoms with Crippen LogP contribution in [0.3, 0.4) is 0 Å². The molecule has 0 aliphatic rings. The molecule has 0 spiro atoms. The van der Waals surface area contributed by atoms with E-state index >= 15 is 0 Å². The van der Waals surface area contributed by atoms with Crippen molar-refractivity contribution in [3.8, 4) is 0 Å². The molecule has 4 nitrogen and oxygen atoms in total. The molecule has 0 aromatic rings. The molecule has 0 aromatic carbocycles. The second kappa shape index (κ2) is 9.60. The van der Waals surface area contributed by atoms with Gasteiger partial charge in [0.15, 0.2) is 0 Å². The van der Waals surface area contributed by atoms with Crippen molar-refractivity contribution in [2.75, 3.05) is 19.8 Å². The summed E-state index contributed by atoms with van der Waals surface area (Å²) in [4.78, 5) is 11.5. The molecule has 4 heteroatoms. The van der Waals surface area contributed by atoms with E-state index in [0.29, 0.717) is 13.2 Å². The zero-order valence-corrected chi connectivity index (χ0v) is 10.8. The van der Waals surface area contributed by atoms with Crippen LogP contribution < -0.4 is 11.1 Å². The fraction of sp³-hybridized carbons (Fsp3) is 0.917. The molecule has 2 atom stereocenters. The highest BCUT2D eigenvalue weighted by Gasteiger charge is 2.18. The molecular weight excluding hydrogens is 204 g/mol. The highest BCUT2D eigenvalue weighted by atomic mass is 16.5. The number of ether oxygens (including phenoxy) is 1. The summed E-state index contributed by atoms with van der Waals surface area (Å²) in [5.41, 5.74) is 5.78. The molecule has 0 heterocycles. The monoisotopic (exact) mass is 230 g/mol. The average Bonchev–Trinajstić information content (AvgIpc) is 2.31. The van der Waals surface area contributed by atoms with E-state index in [4.69, 9.17) is 10.5 Å². The van der Waals surface area contributed by atoms with Crippen LogP contribution in [-0.2, 0) is 9.53 Å². The lowest BCUT2D eigenvalue weighted by Gasteiger charge is -2.17. The number of rotatable bonds is 9. The molecule has 0 saturated carbocycles. The second-order valence-corrected chi connectivity index (χ2v) is 4.17. The highest BCUT2D eigenvalue weighted by Crippen LogP contribution is 2.04. The number of hydrogen-bond acceptors (Lipinski definition) is 3. The summed E-state index contributed by atoms with van der Waals surface area (Å²) in [6.07, 6.45) is 3.12. The fourth-order valence-corrected chi connectivity index (χ4v) is 1.23. The van der Waals surface area contributed by atoms with E-state index in [1.807, 2.05) is 13.8 Å². The van der Waals surface area contributed by atoms with Gasteiger partial charge in [0.25, 0.3) is 0 Å². The van der Waals surface area contributed by atoms with Gasteiger partial charge in [0, 0.05) is 13.2 Å². The highest BCUT2D eigenvalue weighted by molar-refractivity contribution is 5.81. The first-order chi connectivity index (χ1) is 7.63. The molecule has 0 radical (unpaired) electrons. The number of nitrogens with one attached hydrogen (secondary N) is 1. The molecule has 0 saturated heterocycles. The van der Waals surface area contributed by atoms with Gasteiger partial charge in [-0.2, -0.15) is 0 Å². The van der Waals surface area contributed by atoms with Crippen LogP contribution in [0, 0.1) is 5.92 Å². The van der Waals surface area contributed by atoms with Gasteiger partial charge in [-0.3, -0.25) is 4.79 Å². The summed E-state index contributed by atoms with van der Waals surface area (Å²) in [7, 11) is 0. The van der Waals surface area contributed by atoms with Crippen molar-refractivity contribution in [1.29, 1.82) is 0 Å². The predicted molar refractivity (Wildman–Crippen MR) is 66.2 cm³/mol. The van der Waals surface area contributed by atoms with Crippen LogP contribution >= 0.6 is 0 Å². The molecule has 0 aliphatic heterocycles. The van der Waals surface area contributed by atoms with Gasteiger partial charge in [-0.1, -0.05) is 33.6 Å². The number of unbranched alkanes of at least 4 members (excludes halogenated alkanes) is 1. The first-order valence-corrected chi connectivity index (χ1v) is 6.24. The van der Waals surface area contributed by atoms with Crippen LogP contribution in [0.5, 0.6) is 0 Å². The Balaban J connectivity index is 3.50. The van der Waals surface area contributed by atoms with E-state index in [1.54, 1.807) is 0 Å². The van der Waals surface area contributed by atoms with Gasteiger partial charge in [0.1, 0.15) is 0 Å². The van der Waals surface area contributed by atoms with Crippen molar-refractivity contribution in [3.63, 3.8) is 0 Å². The van der Waals surface area contributed by atoms with Crippen molar-refractivity contribution in [2.45, 2.75) is 46.1 Å². The van der Waals surface area contributed by atoms with Gasteiger partial charge in [0.2, 0.25) is 5.91 Å². The molecule has 96 valence electrons. The minimum absolute atomic E-state index is 0.0755. The Morgan fingerprint density at radius 1 is 1.38 bits per heavy atom. The lowest BCUT2D eigenvalue weighted by atomic mass is 9.99. The summed E-state index contributed by atoms with van der Waals surface area (Å²) in [5, 5.41) is 2.79. The Hall–Kier alpha value is -0.610. The number of amides is 1. The molecule has 16 heavy (non-hydrogen) atoms. The number of carbonyl (C=O) groups is 1. The van der Waals surface area contributed by atoms with Crippen molar-refractivity contribution >= 4 is 5.91 Å². The van der Waals surface area contributed by atoms with E-state index in [-0.39, 0.29) is 11.8 Å². The molecule has 0 aliphatic carbocycles. The van der Waals surface area contributed by atoms with Gasteiger partial charge >= 0.3 is 0 Å². The molecule has 1 amide bonds. The lowest BCUT2D eigenvalue weighted by molar-refractivity contribution is -0.123. The third-order valence-electron chi connectivity index (χ3n) is 2.75. The van der Waals surface area contributed by atoms with Crippen molar-refractivity contribution < 1.29 is 9.53 Å². The molecule has 0 rings (SSSR count). The average molecular weight is 230 g/mol. The topological polar surface area (TPSA) is 64.3 Å². The van der Waals surface area contributed by atoms with Crippen LogP contribution in [0.4, 0.5) is 0 Å². The normalized spacial score (nSPS) is 14.5. The zero-order chi connectivity index (χ0) is 12.4. The first kappa shape index (κ1) is 15.4. The van der Waals surface area contributed by atoms with Crippen molar-refractivity contribution in [1.82, 2.24) is 5.32 Å². The quantitative estimate of drug-likeness (QED) is 0.587. The maximum atomic E-state index is 11.5. The van der Waals surface area contributed by atoms with Gasteiger partial charge in [-0.15, -0.1) is 0 Å². The minimum atomic E-state index is -0.402. The summed E-state index contributed by atoms with van der Waals surface area (Å²) < 4.78 is 5.34. The van der Waals surface area contributed by atoms with Gasteiger partial charge in [-0.05, 0) is 12.3 Å². The summed E-state index contributed by atoms with van der Waals surface area (Å²) in [5.74, 6) is 0.148. The molecule has 0 bridgehead atoms. The van der Waals surface area contributed by atoms with Crippen molar-refractivity contribution in [3.05, 3.63) is 0 Å². The number of hydrogen-bond donors (Lipinski definition) is 2. The van der Waals surface area contributed by atoms with Gasteiger partial charge in [0.05, 0.1) is 12.6 Å². The third-order valence-corrected chi connectivity index (χ3v) is 2.75. The number of nitrogens with two attached hydrogens (primary N) is 1. The molecular formula is C12H26N2O2. The Kier molecular flexibility index (Phi) is 9.24. The van der Waals surface area contributed by atoms with Crippen LogP contribution in [0.1, 0.15) is 40.0 Å². The van der Waals surface area contributed by atoms with Crippen LogP contribution in [-0.4, -0.2) is 31.7 Å². The Morgan fingerprint density at radius 3 is 2.62 bits per heavy atom. The zero-order valence-electron chi connectivity index (χ0n) is 10.8. The maximum absolute atomic E-state index is 11.5. The minimum Gasteiger partial charge on any atom is -0.380 e. The smallest absolute Gasteiger partial charge is 0.237 e. The standard InChI is InChI=1S/C12H26N2O2/c1-4-6-8-16-9-7-14-12(15)11(13)10(3)5-2/h10-11H,4-9,13H2,1-3H3,(H,14,15). The largest absolute Gasteiger partial charge is 0.380 e. The van der Waals surface area contributed by atoms with Crippen LogP contribution in [0.15, 0.2) is 0 Å².